The third-order valence-corrected chi connectivity index (χ3v) is 3.71. The first-order valence-corrected chi connectivity index (χ1v) is 7.06. The summed E-state index contributed by atoms with van der Waals surface area (Å²) in [5.41, 5.74) is 0.855. The van der Waals surface area contributed by atoms with Crippen LogP contribution in [-0.2, 0) is 0 Å². The molecule has 3 nitrogen and oxygen atoms in total. The molecule has 0 saturated heterocycles. The summed E-state index contributed by atoms with van der Waals surface area (Å²) in [5.74, 6) is -0.995. The Labute approximate surface area is 131 Å². The molecule has 0 spiro atoms. The van der Waals surface area contributed by atoms with E-state index in [-0.39, 0.29) is 5.56 Å². The number of carbonyl (C=O) groups excluding carboxylic acids is 1. The molecule has 0 fully saturated rings. The van der Waals surface area contributed by atoms with E-state index in [4.69, 9.17) is 5.26 Å². The van der Waals surface area contributed by atoms with Crippen LogP contribution >= 0.6 is 31.9 Å². The number of hydrogen-bond donors (Lipinski definition) is 1. The Balaban J connectivity index is 2.33. The summed E-state index contributed by atoms with van der Waals surface area (Å²) >= 11 is 6.44. The van der Waals surface area contributed by atoms with Crippen LogP contribution in [0.15, 0.2) is 45.3 Å². The Morgan fingerprint density at radius 2 is 1.95 bits per heavy atom. The van der Waals surface area contributed by atoms with Crippen LogP contribution in [0, 0.1) is 17.1 Å². The summed E-state index contributed by atoms with van der Waals surface area (Å²) in [5, 5.41) is 11.6. The zero-order valence-electron chi connectivity index (χ0n) is 9.95. The minimum absolute atomic E-state index is 0.164. The highest BCUT2D eigenvalue weighted by atomic mass is 79.9. The molecule has 1 N–H and O–H groups in total. The van der Waals surface area contributed by atoms with Gasteiger partial charge in [0, 0.05) is 8.95 Å². The van der Waals surface area contributed by atoms with Gasteiger partial charge in [0.1, 0.15) is 11.9 Å². The van der Waals surface area contributed by atoms with Crippen molar-refractivity contribution in [2.75, 3.05) is 5.32 Å². The molecule has 0 aromatic heterocycles. The Bertz CT molecular complexity index is 726. The number of anilines is 1. The van der Waals surface area contributed by atoms with E-state index in [1.807, 2.05) is 6.07 Å². The first-order chi connectivity index (χ1) is 9.51. The molecule has 20 heavy (non-hydrogen) atoms. The maximum atomic E-state index is 13.2. The standard InChI is InChI=1S/C14H7Br2FN2O/c15-9-1-4-13(8(5-9)7-18)19-14(20)11-6-10(17)2-3-12(11)16/h1-6H,(H,19,20). The summed E-state index contributed by atoms with van der Waals surface area (Å²) in [4.78, 5) is 12.1. The molecule has 2 aromatic carbocycles. The average Bonchev–Trinajstić information content (AvgIpc) is 2.43. The van der Waals surface area contributed by atoms with Gasteiger partial charge >= 0.3 is 0 Å². The number of hydrogen-bond acceptors (Lipinski definition) is 2. The van der Waals surface area contributed by atoms with Gasteiger partial charge in [-0.05, 0) is 52.3 Å². The lowest BCUT2D eigenvalue weighted by atomic mass is 10.1. The van der Waals surface area contributed by atoms with Crippen molar-refractivity contribution >= 4 is 43.5 Å². The molecule has 6 heteroatoms. The van der Waals surface area contributed by atoms with E-state index >= 15 is 0 Å². The van der Waals surface area contributed by atoms with Crippen molar-refractivity contribution in [2.24, 2.45) is 0 Å². The fourth-order valence-electron chi connectivity index (χ4n) is 1.58. The van der Waals surface area contributed by atoms with Gasteiger partial charge in [-0.15, -0.1) is 0 Å². The molecule has 0 unspecified atom stereocenters. The van der Waals surface area contributed by atoms with Gasteiger partial charge in [-0.25, -0.2) is 4.39 Å². The number of carbonyl (C=O) groups is 1. The number of halogens is 3. The summed E-state index contributed by atoms with van der Waals surface area (Å²) in [6.45, 7) is 0. The summed E-state index contributed by atoms with van der Waals surface area (Å²) < 4.78 is 14.4. The molecule has 0 aliphatic carbocycles. The SMILES string of the molecule is N#Cc1cc(Br)ccc1NC(=O)c1cc(F)ccc1Br. The predicted molar refractivity (Wildman–Crippen MR) is 80.9 cm³/mol. The van der Waals surface area contributed by atoms with Gasteiger partial charge in [-0.3, -0.25) is 4.79 Å². The van der Waals surface area contributed by atoms with E-state index in [1.54, 1.807) is 18.2 Å². The van der Waals surface area contributed by atoms with Gasteiger partial charge in [-0.1, -0.05) is 15.9 Å². The molecular weight excluding hydrogens is 391 g/mol. The van der Waals surface area contributed by atoms with E-state index in [1.165, 1.54) is 12.1 Å². The first kappa shape index (κ1) is 14.7. The second kappa shape index (κ2) is 6.16. The van der Waals surface area contributed by atoms with Crippen molar-refractivity contribution in [3.8, 4) is 6.07 Å². The Hall–Kier alpha value is -1.71. The lowest BCUT2D eigenvalue weighted by molar-refractivity contribution is 0.102. The topological polar surface area (TPSA) is 52.9 Å². The first-order valence-electron chi connectivity index (χ1n) is 5.47. The Morgan fingerprint density at radius 3 is 2.65 bits per heavy atom. The fraction of sp³-hybridized carbons (Fsp3) is 0. The number of nitrogens with zero attached hydrogens (tertiary/aromatic N) is 1. The van der Waals surface area contributed by atoms with Crippen molar-refractivity contribution in [1.82, 2.24) is 0 Å². The van der Waals surface area contributed by atoms with Crippen LogP contribution in [0.25, 0.3) is 0 Å². The Morgan fingerprint density at radius 1 is 1.20 bits per heavy atom. The van der Waals surface area contributed by atoms with E-state index in [2.05, 4.69) is 37.2 Å². The number of nitriles is 1. The van der Waals surface area contributed by atoms with Gasteiger partial charge in [0.15, 0.2) is 0 Å². The van der Waals surface area contributed by atoms with E-state index in [0.717, 1.165) is 10.5 Å². The van der Waals surface area contributed by atoms with Crippen molar-refractivity contribution in [3.63, 3.8) is 0 Å². The molecule has 100 valence electrons. The van der Waals surface area contributed by atoms with E-state index in [0.29, 0.717) is 15.7 Å². The zero-order valence-corrected chi connectivity index (χ0v) is 13.1. The minimum Gasteiger partial charge on any atom is -0.321 e. The quantitative estimate of drug-likeness (QED) is 0.812. The third-order valence-electron chi connectivity index (χ3n) is 2.52. The lowest BCUT2D eigenvalue weighted by Crippen LogP contribution is -2.13. The average molecular weight is 398 g/mol. The van der Waals surface area contributed by atoms with Crippen LogP contribution < -0.4 is 5.32 Å². The smallest absolute Gasteiger partial charge is 0.256 e. The van der Waals surface area contributed by atoms with Crippen LogP contribution in [0.4, 0.5) is 10.1 Å². The van der Waals surface area contributed by atoms with Gasteiger partial charge in [0.2, 0.25) is 0 Å². The molecule has 2 aromatic rings. The molecule has 0 aliphatic heterocycles. The predicted octanol–water partition coefficient (Wildman–Crippen LogP) is 4.47. The maximum absolute atomic E-state index is 13.2. The molecule has 2 rings (SSSR count). The lowest BCUT2D eigenvalue weighted by Gasteiger charge is -2.09. The van der Waals surface area contributed by atoms with Gasteiger partial charge in [0.25, 0.3) is 5.91 Å². The fourth-order valence-corrected chi connectivity index (χ4v) is 2.37. The van der Waals surface area contributed by atoms with Crippen LogP contribution in [0.5, 0.6) is 0 Å². The molecule has 0 radical (unpaired) electrons. The minimum atomic E-state index is -0.505. The second-order valence-electron chi connectivity index (χ2n) is 3.88. The van der Waals surface area contributed by atoms with Gasteiger partial charge < -0.3 is 5.32 Å². The number of nitrogens with one attached hydrogen (secondary N) is 1. The molecule has 1 amide bonds. The number of benzene rings is 2. The van der Waals surface area contributed by atoms with Gasteiger partial charge in [0.05, 0.1) is 16.8 Å². The number of rotatable bonds is 2. The van der Waals surface area contributed by atoms with Gasteiger partial charge in [-0.2, -0.15) is 5.26 Å². The summed E-state index contributed by atoms with van der Waals surface area (Å²) in [7, 11) is 0. The van der Waals surface area contributed by atoms with Crippen molar-refractivity contribution in [2.45, 2.75) is 0 Å². The van der Waals surface area contributed by atoms with Crippen molar-refractivity contribution in [1.29, 1.82) is 5.26 Å². The highest BCUT2D eigenvalue weighted by Gasteiger charge is 2.13. The Kier molecular flexibility index (Phi) is 4.53. The molecular formula is C14H7Br2FN2O. The molecule has 0 aliphatic rings. The summed E-state index contributed by atoms with van der Waals surface area (Å²) in [6.07, 6.45) is 0. The van der Waals surface area contributed by atoms with E-state index in [9.17, 15) is 9.18 Å². The third kappa shape index (κ3) is 3.24. The number of amides is 1. The van der Waals surface area contributed by atoms with Crippen molar-refractivity contribution in [3.05, 3.63) is 62.3 Å². The normalized spacial score (nSPS) is 9.90. The highest BCUT2D eigenvalue weighted by molar-refractivity contribution is 9.10. The second-order valence-corrected chi connectivity index (χ2v) is 5.65. The molecule has 0 bridgehead atoms. The van der Waals surface area contributed by atoms with Crippen molar-refractivity contribution < 1.29 is 9.18 Å². The van der Waals surface area contributed by atoms with Crippen LogP contribution in [-0.4, -0.2) is 5.91 Å². The monoisotopic (exact) mass is 396 g/mol. The molecule has 0 saturated carbocycles. The van der Waals surface area contributed by atoms with Crippen LogP contribution in [0.2, 0.25) is 0 Å². The zero-order chi connectivity index (χ0) is 14.7. The van der Waals surface area contributed by atoms with Crippen LogP contribution in [0.1, 0.15) is 15.9 Å². The molecule has 0 atom stereocenters. The maximum Gasteiger partial charge on any atom is 0.256 e. The largest absolute Gasteiger partial charge is 0.321 e. The molecule has 0 heterocycles. The highest BCUT2D eigenvalue weighted by Crippen LogP contribution is 2.23. The van der Waals surface area contributed by atoms with Crippen LogP contribution in [0.3, 0.4) is 0 Å². The summed E-state index contributed by atoms with van der Waals surface area (Å²) in [6, 6.07) is 10.7. The van der Waals surface area contributed by atoms with E-state index < -0.39 is 11.7 Å².